The zero-order chi connectivity index (χ0) is 19.7. The lowest BCUT2D eigenvalue weighted by atomic mass is 9.76. The van der Waals surface area contributed by atoms with E-state index in [-0.39, 0.29) is 12.5 Å². The van der Waals surface area contributed by atoms with Crippen molar-refractivity contribution in [3.63, 3.8) is 0 Å². The maximum atomic E-state index is 13.2. The Morgan fingerprint density at radius 1 is 1.36 bits per heavy atom. The third-order valence-electron chi connectivity index (χ3n) is 4.87. The van der Waals surface area contributed by atoms with E-state index in [0.717, 1.165) is 39.0 Å². The summed E-state index contributed by atoms with van der Waals surface area (Å²) in [6, 6.07) is 7.10. The molecule has 1 aromatic heterocycles. The van der Waals surface area contributed by atoms with Crippen molar-refractivity contribution >= 4 is 46.1 Å². The Labute approximate surface area is 170 Å². The van der Waals surface area contributed by atoms with E-state index >= 15 is 0 Å². The molecule has 4 rings (SSSR count). The molecule has 1 unspecified atom stereocenters. The number of imide groups is 1. The van der Waals surface area contributed by atoms with Gasteiger partial charge in [0.25, 0.3) is 5.91 Å². The van der Waals surface area contributed by atoms with Gasteiger partial charge in [-0.2, -0.15) is 0 Å². The van der Waals surface area contributed by atoms with Crippen molar-refractivity contribution in [2.75, 3.05) is 17.6 Å². The minimum absolute atomic E-state index is 0.353. The summed E-state index contributed by atoms with van der Waals surface area (Å²) >= 11 is 2.79. The number of rotatable bonds is 5. The van der Waals surface area contributed by atoms with E-state index in [4.69, 9.17) is 0 Å². The molecule has 8 nitrogen and oxygen atoms in total. The standard InChI is InChI=1S/C18H19N5O3S2/c1-2-27-17-22-21-15(28-17)19-13(24)10-23-14(25)18(20-16(23)26)9-5-7-11-6-3-4-8-12(11)18/h3-4,6,8H,2,5,7,9-10H2,1H3,(H,20,26)(H,19,21,24). The number of carbonyl (C=O) groups excluding carboxylic acids is 3. The number of thioether (sulfide) groups is 1. The number of anilines is 1. The number of aromatic nitrogens is 2. The monoisotopic (exact) mass is 417 g/mol. The highest BCUT2D eigenvalue weighted by molar-refractivity contribution is 8.01. The molecule has 28 heavy (non-hydrogen) atoms. The summed E-state index contributed by atoms with van der Waals surface area (Å²) in [5.74, 6) is 0.00216. The van der Waals surface area contributed by atoms with Gasteiger partial charge in [0.2, 0.25) is 11.0 Å². The van der Waals surface area contributed by atoms with Gasteiger partial charge in [-0.1, -0.05) is 54.3 Å². The summed E-state index contributed by atoms with van der Waals surface area (Å²) in [6.45, 7) is 1.64. The molecule has 0 bridgehead atoms. The smallest absolute Gasteiger partial charge is 0.319 e. The molecule has 1 spiro atoms. The first-order chi connectivity index (χ1) is 13.5. The summed E-state index contributed by atoms with van der Waals surface area (Å²) in [7, 11) is 0. The van der Waals surface area contributed by atoms with Gasteiger partial charge in [0.15, 0.2) is 4.34 Å². The molecular weight excluding hydrogens is 398 g/mol. The van der Waals surface area contributed by atoms with Gasteiger partial charge in [-0.05, 0) is 36.1 Å². The van der Waals surface area contributed by atoms with E-state index in [0.29, 0.717) is 11.6 Å². The van der Waals surface area contributed by atoms with E-state index in [9.17, 15) is 14.4 Å². The van der Waals surface area contributed by atoms with Crippen LogP contribution in [0.3, 0.4) is 0 Å². The van der Waals surface area contributed by atoms with Gasteiger partial charge in [-0.3, -0.25) is 19.8 Å². The van der Waals surface area contributed by atoms with E-state index in [1.54, 1.807) is 0 Å². The molecule has 0 saturated carbocycles. The van der Waals surface area contributed by atoms with Crippen molar-refractivity contribution in [1.29, 1.82) is 0 Å². The third-order valence-corrected chi connectivity index (χ3v) is 6.73. The summed E-state index contributed by atoms with van der Waals surface area (Å²) in [5, 5.41) is 13.7. The molecule has 0 radical (unpaired) electrons. The van der Waals surface area contributed by atoms with Crippen LogP contribution >= 0.6 is 23.1 Å². The Kier molecular flexibility index (Phi) is 5.07. The van der Waals surface area contributed by atoms with Gasteiger partial charge >= 0.3 is 6.03 Å². The average molecular weight is 418 g/mol. The average Bonchev–Trinajstić information content (AvgIpc) is 3.21. The van der Waals surface area contributed by atoms with Gasteiger partial charge in [0.05, 0.1) is 0 Å². The number of carbonyl (C=O) groups is 3. The molecule has 2 heterocycles. The lowest BCUT2D eigenvalue weighted by molar-refractivity contribution is -0.134. The number of fused-ring (bicyclic) bond motifs is 2. The van der Waals surface area contributed by atoms with Crippen molar-refractivity contribution in [3.8, 4) is 0 Å². The summed E-state index contributed by atoms with van der Waals surface area (Å²) in [6.07, 6.45) is 2.20. The summed E-state index contributed by atoms with van der Waals surface area (Å²) in [4.78, 5) is 39.1. The van der Waals surface area contributed by atoms with Crippen LogP contribution in [0.4, 0.5) is 9.93 Å². The number of nitrogens with one attached hydrogen (secondary N) is 2. The highest BCUT2D eigenvalue weighted by Gasteiger charge is 2.54. The third kappa shape index (κ3) is 3.26. The molecule has 4 amide bonds. The van der Waals surface area contributed by atoms with Crippen LogP contribution in [0.1, 0.15) is 30.9 Å². The normalized spacial score (nSPS) is 21.0. The Balaban J connectivity index is 1.50. The largest absolute Gasteiger partial charge is 0.325 e. The highest BCUT2D eigenvalue weighted by Crippen LogP contribution is 2.39. The first kappa shape index (κ1) is 18.9. The molecule has 1 atom stereocenters. The molecule has 1 aromatic carbocycles. The molecule has 10 heteroatoms. The first-order valence-corrected chi connectivity index (χ1v) is 10.8. The number of hydrogen-bond acceptors (Lipinski definition) is 7. The van der Waals surface area contributed by atoms with Gasteiger partial charge in [-0.15, -0.1) is 10.2 Å². The molecule has 2 aliphatic rings. The second-order valence-corrected chi connectivity index (χ2v) is 9.08. The fourth-order valence-electron chi connectivity index (χ4n) is 3.70. The van der Waals surface area contributed by atoms with Crippen molar-refractivity contribution < 1.29 is 14.4 Å². The highest BCUT2D eigenvalue weighted by atomic mass is 32.2. The van der Waals surface area contributed by atoms with Crippen molar-refractivity contribution in [1.82, 2.24) is 20.4 Å². The lowest BCUT2D eigenvalue weighted by Gasteiger charge is -2.33. The quantitative estimate of drug-likeness (QED) is 0.440. The Morgan fingerprint density at radius 2 is 2.18 bits per heavy atom. The van der Waals surface area contributed by atoms with Crippen molar-refractivity contribution in [3.05, 3.63) is 35.4 Å². The van der Waals surface area contributed by atoms with Crippen LogP contribution in [-0.4, -0.2) is 45.2 Å². The van der Waals surface area contributed by atoms with Crippen LogP contribution in [0.25, 0.3) is 0 Å². The molecule has 1 aliphatic heterocycles. The van der Waals surface area contributed by atoms with E-state index < -0.39 is 17.5 Å². The lowest BCUT2D eigenvalue weighted by Crippen LogP contribution is -2.47. The SMILES string of the molecule is CCSc1nnc(NC(=O)CN2C(=O)NC3(CCCc4ccccc43)C2=O)s1. The Bertz CT molecular complexity index is 947. The molecule has 1 saturated heterocycles. The second-order valence-electron chi connectivity index (χ2n) is 6.59. The van der Waals surface area contributed by atoms with E-state index in [1.807, 2.05) is 31.2 Å². The fourth-order valence-corrected chi connectivity index (χ4v) is 5.36. The van der Waals surface area contributed by atoms with E-state index in [2.05, 4.69) is 20.8 Å². The minimum Gasteiger partial charge on any atom is -0.319 e. The molecule has 1 fully saturated rings. The maximum Gasteiger partial charge on any atom is 0.325 e. The van der Waals surface area contributed by atoms with Crippen molar-refractivity contribution in [2.45, 2.75) is 36.1 Å². The summed E-state index contributed by atoms with van der Waals surface area (Å²) in [5.41, 5.74) is 0.816. The zero-order valence-electron chi connectivity index (χ0n) is 15.2. The number of urea groups is 1. The van der Waals surface area contributed by atoms with Crippen LogP contribution in [0, 0.1) is 0 Å². The molecule has 2 aromatic rings. The van der Waals surface area contributed by atoms with Crippen LogP contribution in [0.15, 0.2) is 28.6 Å². The number of amides is 4. The van der Waals surface area contributed by atoms with Crippen LogP contribution in [0.5, 0.6) is 0 Å². The van der Waals surface area contributed by atoms with Crippen LogP contribution in [0.2, 0.25) is 0 Å². The molecule has 1 aliphatic carbocycles. The van der Waals surface area contributed by atoms with Gasteiger partial charge < -0.3 is 5.32 Å². The predicted octanol–water partition coefficient (Wildman–Crippen LogP) is 2.37. The molecule has 146 valence electrons. The number of aryl methyl sites for hydroxylation is 1. The predicted molar refractivity (Wildman–Crippen MR) is 106 cm³/mol. The molecular formula is C18H19N5O3S2. The fraction of sp³-hybridized carbons (Fsp3) is 0.389. The number of benzene rings is 1. The summed E-state index contributed by atoms with van der Waals surface area (Å²) < 4.78 is 0.755. The van der Waals surface area contributed by atoms with Crippen LogP contribution in [-0.2, 0) is 21.5 Å². The number of nitrogens with zero attached hydrogens (tertiary/aromatic N) is 3. The van der Waals surface area contributed by atoms with Gasteiger partial charge in [0, 0.05) is 0 Å². The van der Waals surface area contributed by atoms with Crippen LogP contribution < -0.4 is 10.6 Å². The Hall–Kier alpha value is -2.46. The van der Waals surface area contributed by atoms with Gasteiger partial charge in [-0.25, -0.2) is 4.79 Å². The van der Waals surface area contributed by atoms with Gasteiger partial charge in [0.1, 0.15) is 12.1 Å². The maximum absolute atomic E-state index is 13.2. The second kappa shape index (κ2) is 7.51. The zero-order valence-corrected chi connectivity index (χ0v) is 16.9. The Morgan fingerprint density at radius 3 is 3.00 bits per heavy atom. The minimum atomic E-state index is -1.07. The first-order valence-electron chi connectivity index (χ1n) is 9.02. The van der Waals surface area contributed by atoms with E-state index in [1.165, 1.54) is 23.1 Å². The molecule has 2 N–H and O–H groups in total. The number of hydrogen-bond donors (Lipinski definition) is 2. The topological polar surface area (TPSA) is 104 Å². The van der Waals surface area contributed by atoms with Crippen molar-refractivity contribution in [2.24, 2.45) is 0 Å².